The van der Waals surface area contributed by atoms with Crippen molar-refractivity contribution in [1.29, 1.82) is 0 Å². The van der Waals surface area contributed by atoms with Gasteiger partial charge in [-0.1, -0.05) is 15.9 Å². The van der Waals surface area contributed by atoms with Gasteiger partial charge in [-0.25, -0.2) is 4.39 Å². The van der Waals surface area contributed by atoms with Crippen LogP contribution in [0.5, 0.6) is 0 Å². The number of carbonyl (C=O) groups is 1. The quantitative estimate of drug-likeness (QED) is 0.847. The van der Waals surface area contributed by atoms with Crippen LogP contribution < -0.4 is 10.6 Å². The number of halogens is 2. The van der Waals surface area contributed by atoms with Gasteiger partial charge in [-0.15, -0.1) is 0 Å². The molecule has 0 aromatic heterocycles. The molecule has 0 bridgehead atoms. The van der Waals surface area contributed by atoms with Gasteiger partial charge < -0.3 is 10.6 Å². The number of nitrogens with one attached hydrogen (secondary N) is 2. The lowest BCUT2D eigenvalue weighted by molar-refractivity contribution is 0.102. The first kappa shape index (κ1) is 15.5. The lowest BCUT2D eigenvalue weighted by Crippen LogP contribution is -2.13. The molecular formula is C16H16BrFN2O. The fourth-order valence-electron chi connectivity index (χ4n) is 1.98. The summed E-state index contributed by atoms with van der Waals surface area (Å²) in [5.41, 5.74) is 2.61. The normalized spacial score (nSPS) is 10.3. The van der Waals surface area contributed by atoms with Gasteiger partial charge in [-0.2, -0.15) is 0 Å². The van der Waals surface area contributed by atoms with E-state index in [0.717, 1.165) is 17.8 Å². The summed E-state index contributed by atoms with van der Waals surface area (Å²) in [7, 11) is 0. The summed E-state index contributed by atoms with van der Waals surface area (Å²) in [5.74, 6) is -0.800. The van der Waals surface area contributed by atoms with E-state index in [2.05, 4.69) is 26.6 Å². The maximum absolute atomic E-state index is 13.6. The van der Waals surface area contributed by atoms with Crippen LogP contribution in [0.25, 0.3) is 0 Å². The van der Waals surface area contributed by atoms with Crippen molar-refractivity contribution >= 4 is 33.2 Å². The Morgan fingerprint density at radius 3 is 2.62 bits per heavy atom. The van der Waals surface area contributed by atoms with Gasteiger partial charge in [-0.05, 0) is 55.8 Å². The molecule has 21 heavy (non-hydrogen) atoms. The summed E-state index contributed by atoms with van der Waals surface area (Å²) >= 11 is 3.25. The van der Waals surface area contributed by atoms with Crippen LogP contribution in [0.2, 0.25) is 0 Å². The molecular weight excluding hydrogens is 335 g/mol. The number of amides is 1. The molecule has 2 aromatic carbocycles. The fraction of sp³-hybridized carbons (Fsp3) is 0.188. The van der Waals surface area contributed by atoms with Crippen molar-refractivity contribution in [3.8, 4) is 0 Å². The van der Waals surface area contributed by atoms with Crippen molar-refractivity contribution in [1.82, 2.24) is 0 Å². The van der Waals surface area contributed by atoms with E-state index in [1.54, 1.807) is 18.2 Å². The van der Waals surface area contributed by atoms with E-state index in [0.29, 0.717) is 10.0 Å². The molecule has 0 saturated carbocycles. The predicted octanol–water partition coefficient (Wildman–Crippen LogP) is 4.58. The Labute approximate surface area is 131 Å². The molecule has 0 heterocycles. The molecule has 0 aliphatic carbocycles. The molecule has 0 radical (unpaired) electrons. The standard InChI is InChI=1S/C16H16BrFN2O/c1-3-19-14-7-4-11(8-10(14)2)16(21)20-15-9-12(17)5-6-13(15)18/h4-9,19H,3H2,1-2H3,(H,20,21). The Kier molecular flexibility index (Phi) is 4.96. The second-order valence-corrected chi connectivity index (χ2v) is 5.55. The van der Waals surface area contributed by atoms with Crippen molar-refractivity contribution < 1.29 is 9.18 Å². The van der Waals surface area contributed by atoms with Gasteiger partial charge in [0.25, 0.3) is 5.91 Å². The Bertz CT molecular complexity index is 673. The van der Waals surface area contributed by atoms with Crippen LogP contribution in [0.3, 0.4) is 0 Å². The third kappa shape index (κ3) is 3.82. The molecule has 0 atom stereocenters. The van der Waals surface area contributed by atoms with E-state index in [1.807, 2.05) is 19.9 Å². The monoisotopic (exact) mass is 350 g/mol. The molecule has 0 aliphatic rings. The first-order chi connectivity index (χ1) is 10.0. The molecule has 1 amide bonds. The van der Waals surface area contributed by atoms with Crippen LogP contribution in [0.1, 0.15) is 22.8 Å². The molecule has 2 N–H and O–H groups in total. The molecule has 110 valence electrons. The number of hydrogen-bond donors (Lipinski definition) is 2. The Hall–Kier alpha value is -1.88. The van der Waals surface area contributed by atoms with Crippen molar-refractivity contribution in [2.45, 2.75) is 13.8 Å². The van der Waals surface area contributed by atoms with Crippen LogP contribution in [0.15, 0.2) is 40.9 Å². The van der Waals surface area contributed by atoms with Gasteiger partial charge in [0, 0.05) is 22.3 Å². The smallest absolute Gasteiger partial charge is 0.255 e. The molecule has 3 nitrogen and oxygen atoms in total. The number of rotatable bonds is 4. The highest BCUT2D eigenvalue weighted by atomic mass is 79.9. The molecule has 2 aromatic rings. The first-order valence-corrected chi connectivity index (χ1v) is 7.41. The number of aryl methyl sites for hydroxylation is 1. The van der Waals surface area contributed by atoms with Crippen LogP contribution in [0.4, 0.5) is 15.8 Å². The highest BCUT2D eigenvalue weighted by Crippen LogP contribution is 2.22. The number of carbonyl (C=O) groups excluding carboxylic acids is 1. The summed E-state index contributed by atoms with van der Waals surface area (Å²) < 4.78 is 14.4. The summed E-state index contributed by atoms with van der Waals surface area (Å²) in [6.07, 6.45) is 0. The lowest BCUT2D eigenvalue weighted by Gasteiger charge is -2.10. The molecule has 2 rings (SSSR count). The van der Waals surface area contributed by atoms with Crippen LogP contribution >= 0.6 is 15.9 Å². The Morgan fingerprint density at radius 2 is 1.95 bits per heavy atom. The Balaban J connectivity index is 2.20. The maximum Gasteiger partial charge on any atom is 0.255 e. The topological polar surface area (TPSA) is 41.1 Å². The fourth-order valence-corrected chi connectivity index (χ4v) is 2.34. The third-order valence-electron chi connectivity index (χ3n) is 3.03. The molecule has 0 saturated heterocycles. The van der Waals surface area contributed by atoms with E-state index in [-0.39, 0.29) is 11.6 Å². The summed E-state index contributed by atoms with van der Waals surface area (Å²) in [5, 5.41) is 5.79. The van der Waals surface area contributed by atoms with Crippen molar-refractivity contribution in [2.24, 2.45) is 0 Å². The highest BCUT2D eigenvalue weighted by molar-refractivity contribution is 9.10. The van der Waals surface area contributed by atoms with Gasteiger partial charge >= 0.3 is 0 Å². The molecule has 0 spiro atoms. The minimum absolute atomic E-state index is 0.155. The van der Waals surface area contributed by atoms with E-state index in [9.17, 15) is 9.18 Å². The molecule has 0 unspecified atom stereocenters. The third-order valence-corrected chi connectivity index (χ3v) is 3.53. The average Bonchev–Trinajstić information content (AvgIpc) is 2.45. The molecule has 0 aliphatic heterocycles. The lowest BCUT2D eigenvalue weighted by atomic mass is 10.1. The predicted molar refractivity (Wildman–Crippen MR) is 87.4 cm³/mol. The minimum Gasteiger partial charge on any atom is -0.385 e. The highest BCUT2D eigenvalue weighted by Gasteiger charge is 2.11. The van der Waals surface area contributed by atoms with Crippen molar-refractivity contribution in [2.75, 3.05) is 17.2 Å². The van der Waals surface area contributed by atoms with Gasteiger partial charge in [-0.3, -0.25) is 4.79 Å². The molecule has 0 fully saturated rings. The summed E-state index contributed by atoms with van der Waals surface area (Å²) in [4.78, 5) is 12.2. The van der Waals surface area contributed by atoms with E-state index in [4.69, 9.17) is 0 Å². The van der Waals surface area contributed by atoms with Crippen LogP contribution in [-0.4, -0.2) is 12.5 Å². The second kappa shape index (κ2) is 6.72. The second-order valence-electron chi connectivity index (χ2n) is 4.64. The van der Waals surface area contributed by atoms with Gasteiger partial charge in [0.1, 0.15) is 5.82 Å². The van der Waals surface area contributed by atoms with Crippen molar-refractivity contribution in [3.63, 3.8) is 0 Å². The zero-order valence-corrected chi connectivity index (χ0v) is 13.4. The Morgan fingerprint density at radius 1 is 1.19 bits per heavy atom. The zero-order valence-electron chi connectivity index (χ0n) is 11.8. The van der Waals surface area contributed by atoms with E-state index in [1.165, 1.54) is 12.1 Å². The maximum atomic E-state index is 13.6. The van der Waals surface area contributed by atoms with Crippen molar-refractivity contribution in [3.05, 3.63) is 57.8 Å². The average molecular weight is 351 g/mol. The number of benzene rings is 2. The van der Waals surface area contributed by atoms with Gasteiger partial charge in [0.05, 0.1) is 5.69 Å². The largest absolute Gasteiger partial charge is 0.385 e. The van der Waals surface area contributed by atoms with Gasteiger partial charge in [0.15, 0.2) is 0 Å². The van der Waals surface area contributed by atoms with Crippen LogP contribution in [0, 0.1) is 12.7 Å². The zero-order chi connectivity index (χ0) is 15.4. The molecule has 5 heteroatoms. The van der Waals surface area contributed by atoms with E-state index < -0.39 is 5.82 Å². The first-order valence-electron chi connectivity index (χ1n) is 6.62. The minimum atomic E-state index is -0.465. The summed E-state index contributed by atoms with van der Waals surface area (Å²) in [6.45, 7) is 4.75. The van der Waals surface area contributed by atoms with Crippen LogP contribution in [-0.2, 0) is 0 Å². The number of hydrogen-bond acceptors (Lipinski definition) is 2. The van der Waals surface area contributed by atoms with Gasteiger partial charge in [0.2, 0.25) is 0 Å². The number of anilines is 2. The van der Waals surface area contributed by atoms with E-state index >= 15 is 0 Å². The summed E-state index contributed by atoms with van der Waals surface area (Å²) in [6, 6.07) is 9.77. The SMILES string of the molecule is CCNc1ccc(C(=O)Nc2cc(Br)ccc2F)cc1C.